The van der Waals surface area contributed by atoms with Crippen LogP contribution in [0.5, 0.6) is 0 Å². The van der Waals surface area contributed by atoms with Crippen molar-refractivity contribution in [3.05, 3.63) is 11.6 Å². The highest BCUT2D eigenvalue weighted by Gasteiger charge is 2.67. The predicted octanol–water partition coefficient (Wildman–Crippen LogP) is 1.57. The summed E-state index contributed by atoms with van der Waals surface area (Å²) in [6.07, 6.45) is 4.92. The molecule has 5 heteroatoms. The number of aliphatic hydroxyl groups is 4. The lowest BCUT2D eigenvalue weighted by Crippen LogP contribution is -2.63. The van der Waals surface area contributed by atoms with Crippen LogP contribution in [-0.2, 0) is 4.79 Å². The van der Waals surface area contributed by atoms with Crippen LogP contribution in [0.3, 0.4) is 0 Å². The molecule has 146 valence electrons. The van der Waals surface area contributed by atoms with Crippen LogP contribution in [0.25, 0.3) is 0 Å². The van der Waals surface area contributed by atoms with Crippen LogP contribution in [0.2, 0.25) is 0 Å². The lowest BCUT2D eigenvalue weighted by molar-refractivity contribution is -0.207. The first-order valence-electron chi connectivity index (χ1n) is 10.1. The van der Waals surface area contributed by atoms with E-state index in [0.717, 1.165) is 25.7 Å². The van der Waals surface area contributed by atoms with Crippen LogP contribution < -0.4 is 0 Å². The Morgan fingerprint density at radius 2 is 1.96 bits per heavy atom. The highest BCUT2D eigenvalue weighted by molar-refractivity contribution is 5.91. The molecule has 0 saturated heterocycles. The van der Waals surface area contributed by atoms with Gasteiger partial charge in [0.1, 0.15) is 6.10 Å². The van der Waals surface area contributed by atoms with Crippen LogP contribution in [-0.4, -0.2) is 50.6 Å². The summed E-state index contributed by atoms with van der Waals surface area (Å²) in [5.41, 5.74) is -0.898. The van der Waals surface area contributed by atoms with E-state index in [0.29, 0.717) is 19.3 Å². The second-order valence-electron chi connectivity index (χ2n) is 9.74. The van der Waals surface area contributed by atoms with Crippen molar-refractivity contribution in [3.8, 4) is 0 Å². The number of carbonyl (C=O) groups excluding carboxylic acids is 1. The van der Waals surface area contributed by atoms with Crippen molar-refractivity contribution in [1.82, 2.24) is 0 Å². The second kappa shape index (κ2) is 5.87. The minimum Gasteiger partial charge on any atom is -0.394 e. The molecule has 0 heterocycles. The fraction of sp³-hybridized carbons (Fsp3) is 0.857. The van der Waals surface area contributed by atoms with Gasteiger partial charge in [-0.25, -0.2) is 0 Å². The van der Waals surface area contributed by atoms with Gasteiger partial charge in [0.05, 0.1) is 18.3 Å². The number of ketones is 1. The van der Waals surface area contributed by atoms with Crippen molar-refractivity contribution in [2.75, 3.05) is 6.61 Å². The summed E-state index contributed by atoms with van der Waals surface area (Å²) in [7, 11) is 0. The second-order valence-corrected chi connectivity index (χ2v) is 9.74. The van der Waals surface area contributed by atoms with Gasteiger partial charge in [-0.1, -0.05) is 19.4 Å². The molecule has 4 aliphatic carbocycles. The first kappa shape index (κ1) is 18.6. The maximum absolute atomic E-state index is 11.9. The zero-order valence-corrected chi connectivity index (χ0v) is 15.8. The highest BCUT2D eigenvalue weighted by Crippen LogP contribution is 2.67. The Bertz CT molecular complexity index is 644. The molecular weight excluding hydrogens is 332 g/mol. The fourth-order valence-electron chi connectivity index (χ4n) is 7.42. The molecule has 5 nitrogen and oxygen atoms in total. The maximum atomic E-state index is 11.9. The van der Waals surface area contributed by atoms with Crippen molar-refractivity contribution < 1.29 is 25.2 Å². The van der Waals surface area contributed by atoms with Gasteiger partial charge >= 0.3 is 0 Å². The van der Waals surface area contributed by atoms with Crippen LogP contribution in [0, 0.1) is 28.6 Å². The highest BCUT2D eigenvalue weighted by atomic mass is 16.4. The molecule has 26 heavy (non-hydrogen) atoms. The number of carbonyl (C=O) groups is 1. The molecule has 3 saturated carbocycles. The summed E-state index contributed by atoms with van der Waals surface area (Å²) in [6, 6.07) is 0. The zero-order chi connectivity index (χ0) is 18.9. The normalized spacial score (nSPS) is 51.9. The molecule has 0 aliphatic heterocycles. The van der Waals surface area contributed by atoms with Gasteiger partial charge in [0, 0.05) is 11.8 Å². The van der Waals surface area contributed by atoms with E-state index in [4.69, 9.17) is 0 Å². The van der Waals surface area contributed by atoms with E-state index in [2.05, 4.69) is 6.92 Å². The molecule has 0 unspecified atom stereocenters. The minimum atomic E-state index is -1.35. The summed E-state index contributed by atoms with van der Waals surface area (Å²) in [6.45, 7) is 3.73. The van der Waals surface area contributed by atoms with E-state index in [1.165, 1.54) is 5.57 Å². The van der Waals surface area contributed by atoms with E-state index in [1.54, 1.807) is 0 Å². The van der Waals surface area contributed by atoms with Crippen molar-refractivity contribution >= 4 is 5.78 Å². The lowest BCUT2D eigenvalue weighted by Gasteiger charge is -2.61. The molecule has 0 bridgehead atoms. The fourth-order valence-corrected chi connectivity index (χ4v) is 7.42. The Labute approximate surface area is 155 Å². The van der Waals surface area contributed by atoms with Gasteiger partial charge in [0.15, 0.2) is 5.78 Å². The number of hydrogen-bond acceptors (Lipinski definition) is 5. The lowest BCUT2D eigenvalue weighted by atomic mass is 9.45. The number of aliphatic hydroxyl groups excluding tert-OH is 3. The Kier molecular flexibility index (Phi) is 4.20. The molecule has 4 rings (SSSR count). The smallest absolute Gasteiger partial charge is 0.155 e. The topological polar surface area (TPSA) is 98.0 Å². The third-order valence-corrected chi connectivity index (χ3v) is 8.84. The average Bonchev–Trinajstić information content (AvgIpc) is 2.86. The molecule has 0 aromatic rings. The van der Waals surface area contributed by atoms with E-state index < -0.39 is 29.8 Å². The number of allylic oxidation sites excluding steroid dienone is 1. The monoisotopic (exact) mass is 364 g/mol. The SMILES string of the molecule is C[C@]12CCC(=O)C=C1CC[C@@H]1[C@@H]2[C@H](O)C[C@]2(C)[C@@H]1CC[C@]2(O)[C@@H](O)CO. The Morgan fingerprint density at radius 1 is 1.23 bits per heavy atom. The van der Waals surface area contributed by atoms with Crippen LogP contribution in [0.1, 0.15) is 58.8 Å². The number of rotatable bonds is 2. The van der Waals surface area contributed by atoms with Gasteiger partial charge < -0.3 is 20.4 Å². The van der Waals surface area contributed by atoms with Crippen molar-refractivity contribution in [2.24, 2.45) is 28.6 Å². The Hall–Kier alpha value is -0.750. The van der Waals surface area contributed by atoms with Gasteiger partial charge in [-0.15, -0.1) is 0 Å². The molecule has 3 fully saturated rings. The molecule has 0 radical (unpaired) electrons. The molecule has 0 spiro atoms. The number of hydrogen-bond donors (Lipinski definition) is 4. The van der Waals surface area contributed by atoms with Gasteiger partial charge in [-0.05, 0) is 67.8 Å². The quantitative estimate of drug-likeness (QED) is 0.596. The van der Waals surface area contributed by atoms with E-state index >= 15 is 0 Å². The van der Waals surface area contributed by atoms with Crippen LogP contribution in [0.15, 0.2) is 11.6 Å². The molecular formula is C21H32O5. The predicted molar refractivity (Wildman–Crippen MR) is 96.1 cm³/mol. The Morgan fingerprint density at radius 3 is 2.65 bits per heavy atom. The van der Waals surface area contributed by atoms with E-state index in [9.17, 15) is 25.2 Å². The zero-order valence-electron chi connectivity index (χ0n) is 15.8. The first-order chi connectivity index (χ1) is 12.2. The molecule has 8 atom stereocenters. The van der Waals surface area contributed by atoms with Gasteiger partial charge in [-0.3, -0.25) is 4.79 Å². The molecule has 0 amide bonds. The summed E-state index contributed by atoms with van der Waals surface area (Å²) in [5.74, 6) is 0.798. The van der Waals surface area contributed by atoms with Gasteiger partial charge in [0.2, 0.25) is 0 Å². The van der Waals surface area contributed by atoms with Crippen molar-refractivity contribution in [3.63, 3.8) is 0 Å². The summed E-state index contributed by atoms with van der Waals surface area (Å²) in [4.78, 5) is 11.9. The molecule has 0 aromatic carbocycles. The van der Waals surface area contributed by atoms with Gasteiger partial charge in [0.25, 0.3) is 0 Å². The van der Waals surface area contributed by atoms with E-state index in [-0.39, 0.29) is 29.0 Å². The largest absolute Gasteiger partial charge is 0.394 e. The first-order valence-corrected chi connectivity index (χ1v) is 10.1. The summed E-state index contributed by atoms with van der Waals surface area (Å²) >= 11 is 0. The van der Waals surface area contributed by atoms with Crippen molar-refractivity contribution in [1.29, 1.82) is 0 Å². The summed E-state index contributed by atoms with van der Waals surface area (Å²) < 4.78 is 0. The third kappa shape index (κ3) is 2.20. The standard InChI is InChI=1S/C21H32O5/c1-19-7-5-13(23)9-12(19)3-4-14-15-6-8-21(26,17(25)11-22)20(15,2)10-16(24)18(14)19/h9,14-18,22,24-26H,3-8,10-11H2,1-2H3/t14-,15+,16+,17-,18+,19-,20+,21-/m0/s1. The maximum Gasteiger partial charge on any atom is 0.155 e. The molecule has 4 N–H and O–H groups in total. The van der Waals surface area contributed by atoms with Crippen LogP contribution in [0.4, 0.5) is 0 Å². The Balaban J connectivity index is 1.72. The van der Waals surface area contributed by atoms with Crippen molar-refractivity contribution in [2.45, 2.75) is 76.6 Å². The van der Waals surface area contributed by atoms with Gasteiger partial charge in [-0.2, -0.15) is 0 Å². The molecule has 4 aliphatic rings. The average molecular weight is 364 g/mol. The summed E-state index contributed by atoms with van der Waals surface area (Å²) in [5, 5.41) is 42.3. The number of fused-ring (bicyclic) bond motifs is 5. The van der Waals surface area contributed by atoms with Crippen LogP contribution >= 0.6 is 0 Å². The molecule has 0 aromatic heterocycles. The van der Waals surface area contributed by atoms with E-state index in [1.807, 2.05) is 13.0 Å². The minimum absolute atomic E-state index is 0.0993. The third-order valence-electron chi connectivity index (χ3n) is 8.84.